The molecule has 0 radical (unpaired) electrons. The second-order valence-corrected chi connectivity index (χ2v) is 5.42. The lowest BCUT2D eigenvalue weighted by molar-refractivity contribution is -0.119. The van der Waals surface area contributed by atoms with Crippen LogP contribution in [0.5, 0.6) is 0 Å². The summed E-state index contributed by atoms with van der Waals surface area (Å²) in [5, 5.41) is 12.8. The van der Waals surface area contributed by atoms with Gasteiger partial charge in [-0.15, -0.1) is 0 Å². The van der Waals surface area contributed by atoms with E-state index in [-0.39, 0.29) is 11.3 Å². The van der Waals surface area contributed by atoms with Gasteiger partial charge in [0.25, 0.3) is 0 Å². The molecule has 0 fully saturated rings. The average Bonchev–Trinajstić information content (AvgIpc) is 2.25. The quantitative estimate of drug-likeness (QED) is 0.845. The first-order valence-electron chi connectivity index (χ1n) is 5.82. The molecular weight excluding hydrogens is 214 g/mol. The number of rotatable bonds is 3. The van der Waals surface area contributed by atoms with E-state index in [0.717, 1.165) is 11.1 Å². The SMILES string of the molecule is CC(=O)NCc1ccc(C(O)C(C)(C)C)cc1. The molecule has 1 atom stereocenters. The van der Waals surface area contributed by atoms with E-state index >= 15 is 0 Å². The maximum Gasteiger partial charge on any atom is 0.217 e. The van der Waals surface area contributed by atoms with Gasteiger partial charge < -0.3 is 10.4 Å². The molecule has 2 N–H and O–H groups in total. The van der Waals surface area contributed by atoms with Crippen molar-refractivity contribution in [2.45, 2.75) is 40.3 Å². The van der Waals surface area contributed by atoms with Gasteiger partial charge in [0.1, 0.15) is 0 Å². The van der Waals surface area contributed by atoms with E-state index in [1.807, 2.05) is 45.0 Å². The lowest BCUT2D eigenvalue weighted by atomic mass is 9.84. The highest BCUT2D eigenvalue weighted by Crippen LogP contribution is 2.32. The first-order valence-corrected chi connectivity index (χ1v) is 5.82. The Kier molecular flexibility index (Phi) is 4.29. The van der Waals surface area contributed by atoms with Gasteiger partial charge in [0, 0.05) is 13.5 Å². The Morgan fingerprint density at radius 1 is 1.29 bits per heavy atom. The molecule has 0 aliphatic heterocycles. The highest BCUT2D eigenvalue weighted by Gasteiger charge is 2.23. The molecule has 0 saturated carbocycles. The summed E-state index contributed by atoms with van der Waals surface area (Å²) in [4.78, 5) is 10.8. The summed E-state index contributed by atoms with van der Waals surface area (Å²) >= 11 is 0. The zero-order chi connectivity index (χ0) is 13.1. The van der Waals surface area contributed by atoms with Crippen LogP contribution in [0.2, 0.25) is 0 Å². The molecule has 3 heteroatoms. The van der Waals surface area contributed by atoms with Crippen molar-refractivity contribution in [2.75, 3.05) is 0 Å². The van der Waals surface area contributed by atoms with Crippen molar-refractivity contribution in [1.82, 2.24) is 5.32 Å². The van der Waals surface area contributed by atoms with Crippen LogP contribution in [0.3, 0.4) is 0 Å². The third-order valence-electron chi connectivity index (χ3n) is 2.66. The zero-order valence-electron chi connectivity index (χ0n) is 10.9. The van der Waals surface area contributed by atoms with Crippen LogP contribution in [-0.2, 0) is 11.3 Å². The van der Waals surface area contributed by atoms with Gasteiger partial charge in [-0.25, -0.2) is 0 Å². The van der Waals surface area contributed by atoms with Gasteiger partial charge in [-0.2, -0.15) is 0 Å². The summed E-state index contributed by atoms with van der Waals surface area (Å²) in [7, 11) is 0. The van der Waals surface area contributed by atoms with Crippen molar-refractivity contribution in [3.05, 3.63) is 35.4 Å². The minimum Gasteiger partial charge on any atom is -0.388 e. The summed E-state index contributed by atoms with van der Waals surface area (Å²) in [6, 6.07) is 7.68. The number of carbonyl (C=O) groups excluding carboxylic acids is 1. The van der Waals surface area contributed by atoms with Gasteiger partial charge in [0.2, 0.25) is 5.91 Å². The molecule has 1 unspecified atom stereocenters. The molecule has 1 aromatic rings. The van der Waals surface area contributed by atoms with Crippen LogP contribution in [0, 0.1) is 5.41 Å². The summed E-state index contributed by atoms with van der Waals surface area (Å²) < 4.78 is 0. The summed E-state index contributed by atoms with van der Waals surface area (Å²) in [5.74, 6) is -0.0381. The van der Waals surface area contributed by atoms with Crippen molar-refractivity contribution < 1.29 is 9.90 Å². The molecular formula is C14H21NO2. The number of hydrogen-bond acceptors (Lipinski definition) is 2. The monoisotopic (exact) mass is 235 g/mol. The van der Waals surface area contributed by atoms with Crippen LogP contribution in [0.25, 0.3) is 0 Å². The van der Waals surface area contributed by atoms with E-state index in [1.54, 1.807) is 0 Å². The maximum absolute atomic E-state index is 10.8. The number of hydrogen-bond donors (Lipinski definition) is 2. The Bertz CT molecular complexity index is 376. The third-order valence-corrected chi connectivity index (χ3v) is 2.66. The van der Waals surface area contributed by atoms with Crippen LogP contribution >= 0.6 is 0 Å². The predicted molar refractivity (Wildman–Crippen MR) is 68.4 cm³/mol. The highest BCUT2D eigenvalue weighted by atomic mass is 16.3. The Labute approximate surface area is 103 Å². The largest absolute Gasteiger partial charge is 0.388 e. The first kappa shape index (κ1) is 13.7. The standard InChI is InChI=1S/C14H21NO2/c1-10(16)15-9-11-5-7-12(8-6-11)13(17)14(2,3)4/h5-8,13,17H,9H2,1-4H3,(H,15,16). The van der Waals surface area contributed by atoms with E-state index in [0.29, 0.717) is 6.54 Å². The molecule has 0 aliphatic carbocycles. The topological polar surface area (TPSA) is 49.3 Å². The average molecular weight is 235 g/mol. The van der Waals surface area contributed by atoms with Gasteiger partial charge in [0.15, 0.2) is 0 Å². The molecule has 0 spiro atoms. The lowest BCUT2D eigenvalue weighted by Crippen LogP contribution is -2.19. The van der Waals surface area contributed by atoms with Crippen LogP contribution in [0.4, 0.5) is 0 Å². The smallest absolute Gasteiger partial charge is 0.217 e. The van der Waals surface area contributed by atoms with Crippen molar-refractivity contribution in [3.8, 4) is 0 Å². The molecule has 0 saturated heterocycles. The number of amides is 1. The molecule has 0 aliphatic rings. The second-order valence-electron chi connectivity index (χ2n) is 5.42. The summed E-state index contributed by atoms with van der Waals surface area (Å²) in [5.41, 5.74) is 1.77. The van der Waals surface area contributed by atoms with Gasteiger partial charge in [-0.05, 0) is 16.5 Å². The number of nitrogens with one attached hydrogen (secondary N) is 1. The van der Waals surface area contributed by atoms with Crippen molar-refractivity contribution >= 4 is 5.91 Å². The van der Waals surface area contributed by atoms with Gasteiger partial charge >= 0.3 is 0 Å². The normalized spacial score (nSPS) is 13.2. The summed E-state index contributed by atoms with van der Waals surface area (Å²) in [6.07, 6.45) is -0.475. The molecule has 1 amide bonds. The minimum atomic E-state index is -0.475. The van der Waals surface area contributed by atoms with Crippen LogP contribution in [0.1, 0.15) is 44.9 Å². The van der Waals surface area contributed by atoms with E-state index in [1.165, 1.54) is 6.92 Å². The van der Waals surface area contributed by atoms with E-state index < -0.39 is 6.10 Å². The van der Waals surface area contributed by atoms with Crippen molar-refractivity contribution in [3.63, 3.8) is 0 Å². The van der Waals surface area contributed by atoms with Crippen molar-refractivity contribution in [1.29, 1.82) is 0 Å². The molecule has 0 bridgehead atoms. The lowest BCUT2D eigenvalue weighted by Gasteiger charge is -2.26. The minimum absolute atomic E-state index is 0.0381. The number of carbonyl (C=O) groups is 1. The van der Waals surface area contributed by atoms with Gasteiger partial charge in [-0.1, -0.05) is 45.0 Å². The molecule has 0 heterocycles. The molecule has 1 rings (SSSR count). The zero-order valence-corrected chi connectivity index (χ0v) is 10.9. The molecule has 3 nitrogen and oxygen atoms in total. The number of aliphatic hydroxyl groups is 1. The molecule has 17 heavy (non-hydrogen) atoms. The van der Waals surface area contributed by atoms with Crippen LogP contribution < -0.4 is 5.32 Å². The van der Waals surface area contributed by atoms with Gasteiger partial charge in [0.05, 0.1) is 6.10 Å². The Morgan fingerprint density at radius 2 is 1.82 bits per heavy atom. The van der Waals surface area contributed by atoms with E-state index in [9.17, 15) is 9.90 Å². The third kappa shape index (κ3) is 4.19. The summed E-state index contributed by atoms with van der Waals surface area (Å²) in [6.45, 7) is 8.04. The molecule has 0 aromatic heterocycles. The fraction of sp³-hybridized carbons (Fsp3) is 0.500. The van der Waals surface area contributed by atoms with Crippen LogP contribution in [-0.4, -0.2) is 11.0 Å². The highest BCUT2D eigenvalue weighted by molar-refractivity contribution is 5.72. The fourth-order valence-electron chi connectivity index (χ4n) is 1.54. The number of aliphatic hydroxyl groups excluding tert-OH is 1. The molecule has 1 aromatic carbocycles. The Morgan fingerprint density at radius 3 is 2.24 bits per heavy atom. The predicted octanol–water partition coefficient (Wildman–Crippen LogP) is 2.40. The fourth-order valence-corrected chi connectivity index (χ4v) is 1.54. The Balaban J connectivity index is 2.71. The van der Waals surface area contributed by atoms with Crippen LogP contribution in [0.15, 0.2) is 24.3 Å². The Hall–Kier alpha value is -1.35. The van der Waals surface area contributed by atoms with Gasteiger partial charge in [-0.3, -0.25) is 4.79 Å². The second kappa shape index (κ2) is 5.32. The van der Waals surface area contributed by atoms with Crippen molar-refractivity contribution in [2.24, 2.45) is 5.41 Å². The van der Waals surface area contributed by atoms with E-state index in [4.69, 9.17) is 0 Å². The first-order chi connectivity index (χ1) is 7.80. The number of benzene rings is 1. The maximum atomic E-state index is 10.8. The van der Waals surface area contributed by atoms with E-state index in [2.05, 4.69) is 5.32 Å². The molecule has 94 valence electrons.